The molecular formula is C14H17NO2. The molecular weight excluding hydrogens is 214 g/mol. The number of carbonyl (C=O) groups is 1. The first-order chi connectivity index (χ1) is 8.27. The summed E-state index contributed by atoms with van der Waals surface area (Å²) in [4.78, 5) is 11.8. The fraction of sp³-hybridized carbons (Fsp3) is 0.500. The maximum absolute atomic E-state index is 11.8. The molecule has 1 aromatic rings. The summed E-state index contributed by atoms with van der Waals surface area (Å²) in [6, 6.07) is 5.23. The van der Waals surface area contributed by atoms with Gasteiger partial charge in [0.05, 0.1) is 6.04 Å². The van der Waals surface area contributed by atoms with Crippen molar-refractivity contribution < 1.29 is 9.90 Å². The van der Waals surface area contributed by atoms with Crippen molar-refractivity contribution in [3.05, 3.63) is 29.3 Å². The molecule has 3 nitrogen and oxygen atoms in total. The number of carbonyl (C=O) groups excluding carboxylic acids is 1. The van der Waals surface area contributed by atoms with Crippen molar-refractivity contribution in [2.45, 2.75) is 38.1 Å². The van der Waals surface area contributed by atoms with Gasteiger partial charge in [0.1, 0.15) is 5.75 Å². The van der Waals surface area contributed by atoms with Gasteiger partial charge in [0.2, 0.25) is 0 Å². The average Bonchev–Trinajstić information content (AvgIpc) is 2.70. The Morgan fingerprint density at radius 1 is 1.18 bits per heavy atom. The number of hydrogen-bond acceptors (Lipinski definition) is 2. The highest BCUT2D eigenvalue weighted by Gasteiger charge is 2.36. The Labute approximate surface area is 101 Å². The highest BCUT2D eigenvalue weighted by atomic mass is 16.3. The topological polar surface area (TPSA) is 49.3 Å². The third kappa shape index (κ3) is 1.70. The van der Waals surface area contributed by atoms with Gasteiger partial charge in [-0.05, 0) is 30.9 Å². The van der Waals surface area contributed by atoms with E-state index >= 15 is 0 Å². The Morgan fingerprint density at radius 3 is 2.71 bits per heavy atom. The molecule has 2 aliphatic rings. The quantitative estimate of drug-likeness (QED) is 0.780. The third-order valence-corrected chi connectivity index (χ3v) is 4.05. The highest BCUT2D eigenvalue weighted by Crippen LogP contribution is 2.42. The average molecular weight is 231 g/mol. The summed E-state index contributed by atoms with van der Waals surface area (Å²) in [7, 11) is 0. The first-order valence-corrected chi connectivity index (χ1v) is 6.40. The summed E-state index contributed by atoms with van der Waals surface area (Å²) in [6.45, 7) is 0. The summed E-state index contributed by atoms with van der Waals surface area (Å²) >= 11 is 0. The van der Waals surface area contributed by atoms with Crippen LogP contribution in [0, 0.1) is 5.92 Å². The van der Waals surface area contributed by atoms with Gasteiger partial charge in [0.25, 0.3) is 5.91 Å². The Hall–Kier alpha value is -1.51. The Morgan fingerprint density at radius 2 is 1.94 bits per heavy atom. The summed E-state index contributed by atoms with van der Waals surface area (Å²) < 4.78 is 0. The van der Waals surface area contributed by atoms with E-state index in [1.54, 1.807) is 18.2 Å². The molecule has 0 radical (unpaired) electrons. The van der Waals surface area contributed by atoms with Crippen molar-refractivity contribution in [3.63, 3.8) is 0 Å². The minimum atomic E-state index is -0.0357. The number of aromatic hydroxyl groups is 1. The number of amides is 1. The van der Waals surface area contributed by atoms with Gasteiger partial charge in [-0.15, -0.1) is 0 Å². The van der Waals surface area contributed by atoms with Crippen molar-refractivity contribution in [3.8, 4) is 5.75 Å². The second-order valence-corrected chi connectivity index (χ2v) is 5.09. The Bertz CT molecular complexity index is 450. The number of phenols is 1. The van der Waals surface area contributed by atoms with E-state index in [9.17, 15) is 9.90 Å². The van der Waals surface area contributed by atoms with E-state index in [1.165, 1.54) is 19.3 Å². The lowest BCUT2D eigenvalue weighted by Crippen LogP contribution is -2.27. The molecule has 1 fully saturated rings. The lowest BCUT2D eigenvalue weighted by atomic mass is 9.81. The van der Waals surface area contributed by atoms with E-state index < -0.39 is 0 Å². The van der Waals surface area contributed by atoms with Gasteiger partial charge in [-0.2, -0.15) is 0 Å². The van der Waals surface area contributed by atoms with Crippen LogP contribution in [0.2, 0.25) is 0 Å². The molecule has 1 aromatic carbocycles. The smallest absolute Gasteiger partial charge is 0.252 e. The molecule has 1 atom stereocenters. The standard InChI is InChI=1S/C14H17NO2/c16-11-8-4-7-10-12(11)13(15-14(10)17)9-5-2-1-3-6-9/h4,7-9,13,16H,1-3,5-6H2,(H,15,17). The van der Waals surface area contributed by atoms with Crippen LogP contribution in [0.1, 0.15) is 54.1 Å². The normalized spacial score (nSPS) is 24.5. The molecule has 1 aliphatic carbocycles. The SMILES string of the molecule is O=C1NC(C2CCCCC2)c2c(O)cccc21. The van der Waals surface area contributed by atoms with Gasteiger partial charge in [0, 0.05) is 11.1 Å². The number of nitrogens with one attached hydrogen (secondary N) is 1. The maximum Gasteiger partial charge on any atom is 0.252 e. The molecule has 1 aliphatic heterocycles. The van der Waals surface area contributed by atoms with Gasteiger partial charge in [-0.3, -0.25) is 4.79 Å². The van der Waals surface area contributed by atoms with E-state index in [4.69, 9.17) is 0 Å². The largest absolute Gasteiger partial charge is 0.508 e. The predicted molar refractivity (Wildman–Crippen MR) is 64.9 cm³/mol. The van der Waals surface area contributed by atoms with Crippen LogP contribution in [-0.2, 0) is 0 Å². The molecule has 1 amide bonds. The van der Waals surface area contributed by atoms with Crippen molar-refractivity contribution >= 4 is 5.91 Å². The van der Waals surface area contributed by atoms with E-state index in [1.807, 2.05) is 0 Å². The molecule has 0 saturated heterocycles. The van der Waals surface area contributed by atoms with Crippen molar-refractivity contribution in [2.24, 2.45) is 5.92 Å². The van der Waals surface area contributed by atoms with Crippen LogP contribution < -0.4 is 5.32 Å². The lowest BCUT2D eigenvalue weighted by Gasteiger charge is -2.28. The molecule has 1 unspecified atom stereocenters. The molecule has 2 N–H and O–H groups in total. The molecule has 1 heterocycles. The van der Waals surface area contributed by atoms with E-state index in [2.05, 4.69) is 5.32 Å². The van der Waals surface area contributed by atoms with E-state index in [0.29, 0.717) is 11.5 Å². The minimum Gasteiger partial charge on any atom is -0.508 e. The van der Waals surface area contributed by atoms with Crippen LogP contribution in [0.15, 0.2) is 18.2 Å². The molecule has 0 bridgehead atoms. The number of fused-ring (bicyclic) bond motifs is 1. The van der Waals surface area contributed by atoms with Gasteiger partial charge >= 0.3 is 0 Å². The van der Waals surface area contributed by atoms with Crippen LogP contribution in [0.4, 0.5) is 0 Å². The van der Waals surface area contributed by atoms with Crippen molar-refractivity contribution in [1.82, 2.24) is 5.32 Å². The second-order valence-electron chi connectivity index (χ2n) is 5.09. The van der Waals surface area contributed by atoms with Crippen molar-refractivity contribution in [1.29, 1.82) is 0 Å². The maximum atomic E-state index is 11.8. The molecule has 17 heavy (non-hydrogen) atoms. The first-order valence-electron chi connectivity index (χ1n) is 6.40. The molecule has 0 spiro atoms. The molecule has 3 heteroatoms. The van der Waals surface area contributed by atoms with Gasteiger partial charge in [-0.25, -0.2) is 0 Å². The highest BCUT2D eigenvalue weighted by molar-refractivity contribution is 6.00. The van der Waals surface area contributed by atoms with Crippen LogP contribution in [0.25, 0.3) is 0 Å². The first kappa shape index (κ1) is 10.6. The Balaban J connectivity index is 1.97. The zero-order valence-electron chi connectivity index (χ0n) is 9.78. The van der Waals surface area contributed by atoms with Crippen LogP contribution in [0.3, 0.4) is 0 Å². The lowest BCUT2D eigenvalue weighted by molar-refractivity contribution is 0.0940. The minimum absolute atomic E-state index is 0.0269. The van der Waals surface area contributed by atoms with Gasteiger partial charge in [-0.1, -0.05) is 25.3 Å². The van der Waals surface area contributed by atoms with Gasteiger partial charge in [0.15, 0.2) is 0 Å². The monoisotopic (exact) mass is 231 g/mol. The van der Waals surface area contributed by atoms with Crippen LogP contribution in [-0.4, -0.2) is 11.0 Å². The predicted octanol–water partition coefficient (Wildman–Crippen LogP) is 2.76. The van der Waals surface area contributed by atoms with Crippen LogP contribution in [0.5, 0.6) is 5.75 Å². The summed E-state index contributed by atoms with van der Waals surface area (Å²) in [5.74, 6) is 0.713. The molecule has 1 saturated carbocycles. The third-order valence-electron chi connectivity index (χ3n) is 4.05. The molecule has 90 valence electrons. The summed E-state index contributed by atoms with van der Waals surface area (Å²) in [5, 5.41) is 13.0. The van der Waals surface area contributed by atoms with Crippen molar-refractivity contribution in [2.75, 3.05) is 0 Å². The Kier molecular flexibility index (Phi) is 2.54. The molecule has 3 rings (SSSR count). The summed E-state index contributed by atoms with van der Waals surface area (Å²) in [5.41, 5.74) is 1.48. The fourth-order valence-corrected chi connectivity index (χ4v) is 3.19. The molecule has 0 aromatic heterocycles. The zero-order chi connectivity index (χ0) is 11.8. The van der Waals surface area contributed by atoms with Crippen LogP contribution >= 0.6 is 0 Å². The zero-order valence-corrected chi connectivity index (χ0v) is 9.78. The number of rotatable bonds is 1. The van der Waals surface area contributed by atoms with Gasteiger partial charge < -0.3 is 10.4 Å². The summed E-state index contributed by atoms with van der Waals surface area (Å²) in [6.07, 6.45) is 6.07. The number of benzene rings is 1. The number of hydrogen-bond donors (Lipinski definition) is 2. The number of phenolic OH excluding ortho intramolecular Hbond substituents is 1. The van der Waals surface area contributed by atoms with E-state index in [0.717, 1.165) is 18.4 Å². The second kappa shape index (κ2) is 4.06. The fourth-order valence-electron chi connectivity index (χ4n) is 3.19. The van der Waals surface area contributed by atoms with E-state index in [-0.39, 0.29) is 17.7 Å².